The van der Waals surface area contributed by atoms with Crippen LogP contribution in [0.25, 0.3) is 4.96 Å². The van der Waals surface area contributed by atoms with Gasteiger partial charge in [-0.3, -0.25) is 4.40 Å². The van der Waals surface area contributed by atoms with Gasteiger partial charge in [0.1, 0.15) is 0 Å². The van der Waals surface area contributed by atoms with E-state index in [1.54, 1.807) is 11.3 Å². The third-order valence-corrected chi connectivity index (χ3v) is 4.39. The maximum atomic E-state index is 4.57. The van der Waals surface area contributed by atoms with Crippen molar-refractivity contribution in [2.75, 3.05) is 0 Å². The van der Waals surface area contributed by atoms with Gasteiger partial charge in [-0.15, -0.1) is 11.3 Å². The third-order valence-electron chi connectivity index (χ3n) is 3.63. The Hall–Kier alpha value is -0.870. The van der Waals surface area contributed by atoms with Gasteiger partial charge in [-0.1, -0.05) is 20.3 Å². The Morgan fingerprint density at radius 2 is 2.22 bits per heavy atom. The molecular weight excluding hydrogens is 242 g/mol. The van der Waals surface area contributed by atoms with Gasteiger partial charge in [0, 0.05) is 24.2 Å². The van der Waals surface area contributed by atoms with E-state index in [1.807, 2.05) is 0 Å². The molecule has 0 spiro atoms. The summed E-state index contributed by atoms with van der Waals surface area (Å²) in [5.41, 5.74) is 2.44. The molecular formula is C14H23N3S. The van der Waals surface area contributed by atoms with Crippen molar-refractivity contribution in [3.8, 4) is 0 Å². The van der Waals surface area contributed by atoms with E-state index in [9.17, 15) is 0 Å². The Bertz CT molecular complexity index is 500. The molecule has 2 aromatic heterocycles. The highest BCUT2D eigenvalue weighted by molar-refractivity contribution is 7.15. The Morgan fingerprint density at radius 1 is 1.44 bits per heavy atom. The van der Waals surface area contributed by atoms with E-state index in [2.05, 4.69) is 54.0 Å². The number of hydrogen-bond donors (Lipinski definition) is 1. The zero-order chi connectivity index (χ0) is 13.1. The minimum absolute atomic E-state index is 0.559. The topological polar surface area (TPSA) is 29.3 Å². The maximum absolute atomic E-state index is 4.57. The fourth-order valence-corrected chi connectivity index (χ4v) is 3.06. The van der Waals surface area contributed by atoms with Crippen LogP contribution < -0.4 is 5.32 Å². The minimum Gasteiger partial charge on any atom is -0.309 e. The summed E-state index contributed by atoms with van der Waals surface area (Å²) < 4.78 is 2.20. The number of nitrogens with zero attached hydrogens (tertiary/aromatic N) is 2. The van der Waals surface area contributed by atoms with Crippen molar-refractivity contribution in [2.24, 2.45) is 5.92 Å². The SMILES string of the molecule is CCC(C)CC(C)NCc1c(C)nc2sccn12. The number of aromatic nitrogens is 2. The van der Waals surface area contributed by atoms with Crippen molar-refractivity contribution in [3.63, 3.8) is 0 Å². The van der Waals surface area contributed by atoms with Gasteiger partial charge in [0.05, 0.1) is 11.4 Å². The lowest BCUT2D eigenvalue weighted by Gasteiger charge is -2.17. The summed E-state index contributed by atoms with van der Waals surface area (Å²) in [5, 5.41) is 5.71. The van der Waals surface area contributed by atoms with Gasteiger partial charge in [0.2, 0.25) is 0 Å². The fourth-order valence-electron chi connectivity index (χ4n) is 2.28. The molecule has 18 heavy (non-hydrogen) atoms. The van der Waals surface area contributed by atoms with Crippen LogP contribution in [-0.4, -0.2) is 15.4 Å². The van der Waals surface area contributed by atoms with Gasteiger partial charge >= 0.3 is 0 Å². The second kappa shape index (κ2) is 5.85. The molecule has 3 nitrogen and oxygen atoms in total. The molecule has 0 aliphatic rings. The second-order valence-corrected chi connectivity index (χ2v) is 6.10. The first-order valence-electron chi connectivity index (χ1n) is 6.76. The molecule has 100 valence electrons. The summed E-state index contributed by atoms with van der Waals surface area (Å²) in [6, 6.07) is 0.559. The van der Waals surface area contributed by atoms with E-state index < -0.39 is 0 Å². The summed E-state index contributed by atoms with van der Waals surface area (Å²) in [6.45, 7) is 9.84. The van der Waals surface area contributed by atoms with E-state index in [0.29, 0.717) is 6.04 Å². The normalized spacial score (nSPS) is 15.1. The fraction of sp³-hybridized carbons (Fsp3) is 0.643. The number of hydrogen-bond acceptors (Lipinski definition) is 3. The lowest BCUT2D eigenvalue weighted by atomic mass is 10.0. The number of thiazole rings is 1. The highest BCUT2D eigenvalue weighted by atomic mass is 32.1. The first kappa shape index (κ1) is 13.6. The van der Waals surface area contributed by atoms with Crippen LogP contribution >= 0.6 is 11.3 Å². The molecule has 2 aromatic rings. The molecule has 0 radical (unpaired) electrons. The van der Waals surface area contributed by atoms with Gasteiger partial charge in [0.15, 0.2) is 4.96 Å². The zero-order valence-corrected chi connectivity index (χ0v) is 12.5. The van der Waals surface area contributed by atoms with Crippen LogP contribution in [0.4, 0.5) is 0 Å². The largest absolute Gasteiger partial charge is 0.309 e. The molecule has 0 amide bonds. The molecule has 0 saturated heterocycles. The second-order valence-electron chi connectivity index (χ2n) is 5.23. The molecule has 0 bridgehead atoms. The molecule has 2 rings (SSSR count). The predicted octanol–water partition coefficient (Wildman–Crippen LogP) is 3.62. The number of rotatable bonds is 6. The predicted molar refractivity (Wildman–Crippen MR) is 78.2 cm³/mol. The van der Waals surface area contributed by atoms with Crippen LogP contribution in [-0.2, 0) is 6.54 Å². The summed E-state index contributed by atoms with van der Waals surface area (Å²) >= 11 is 1.69. The quantitative estimate of drug-likeness (QED) is 0.864. The molecule has 0 saturated carbocycles. The van der Waals surface area contributed by atoms with Crippen molar-refractivity contribution in [1.29, 1.82) is 0 Å². The van der Waals surface area contributed by atoms with E-state index in [4.69, 9.17) is 0 Å². The lowest BCUT2D eigenvalue weighted by molar-refractivity contribution is 0.410. The number of fused-ring (bicyclic) bond motifs is 1. The van der Waals surface area contributed by atoms with Crippen LogP contribution in [0.5, 0.6) is 0 Å². The molecule has 0 aromatic carbocycles. The average molecular weight is 265 g/mol. The van der Waals surface area contributed by atoms with Gasteiger partial charge in [-0.05, 0) is 26.2 Å². The number of nitrogens with one attached hydrogen (secondary N) is 1. The Kier molecular flexibility index (Phi) is 4.40. The van der Waals surface area contributed by atoms with Gasteiger partial charge in [-0.2, -0.15) is 0 Å². The van der Waals surface area contributed by atoms with Crippen LogP contribution in [0, 0.1) is 12.8 Å². The van der Waals surface area contributed by atoms with E-state index in [-0.39, 0.29) is 0 Å². The van der Waals surface area contributed by atoms with Crippen LogP contribution in [0.2, 0.25) is 0 Å². The zero-order valence-electron chi connectivity index (χ0n) is 11.7. The monoisotopic (exact) mass is 265 g/mol. The van der Waals surface area contributed by atoms with E-state index in [1.165, 1.54) is 18.5 Å². The first-order valence-corrected chi connectivity index (χ1v) is 7.64. The molecule has 0 aliphatic heterocycles. The molecule has 2 unspecified atom stereocenters. The molecule has 2 atom stereocenters. The Labute approximate surface area is 113 Å². The van der Waals surface area contributed by atoms with Crippen molar-refractivity contribution >= 4 is 16.3 Å². The Morgan fingerprint density at radius 3 is 2.94 bits per heavy atom. The molecule has 2 heterocycles. The molecule has 1 N–H and O–H groups in total. The summed E-state index contributed by atoms with van der Waals surface area (Å²) in [5.74, 6) is 0.792. The van der Waals surface area contributed by atoms with Crippen molar-refractivity contribution < 1.29 is 0 Å². The maximum Gasteiger partial charge on any atom is 0.194 e. The lowest BCUT2D eigenvalue weighted by Crippen LogP contribution is -2.28. The van der Waals surface area contributed by atoms with Crippen LogP contribution in [0.1, 0.15) is 45.0 Å². The molecule has 4 heteroatoms. The molecule has 0 aliphatic carbocycles. The van der Waals surface area contributed by atoms with Crippen LogP contribution in [0.3, 0.4) is 0 Å². The van der Waals surface area contributed by atoms with E-state index in [0.717, 1.165) is 23.1 Å². The highest BCUT2D eigenvalue weighted by Gasteiger charge is 2.11. The smallest absolute Gasteiger partial charge is 0.194 e. The Balaban J connectivity index is 1.97. The molecule has 0 fully saturated rings. The van der Waals surface area contributed by atoms with Crippen molar-refractivity contribution in [2.45, 2.75) is 53.1 Å². The van der Waals surface area contributed by atoms with Gasteiger partial charge in [-0.25, -0.2) is 4.98 Å². The van der Waals surface area contributed by atoms with Gasteiger partial charge < -0.3 is 5.32 Å². The third kappa shape index (κ3) is 2.93. The van der Waals surface area contributed by atoms with Crippen LogP contribution in [0.15, 0.2) is 11.6 Å². The highest BCUT2D eigenvalue weighted by Crippen LogP contribution is 2.17. The number of aryl methyl sites for hydroxylation is 1. The summed E-state index contributed by atoms with van der Waals surface area (Å²) in [7, 11) is 0. The van der Waals surface area contributed by atoms with Crippen molar-refractivity contribution in [1.82, 2.24) is 14.7 Å². The summed E-state index contributed by atoms with van der Waals surface area (Å²) in [6.07, 6.45) is 4.60. The first-order chi connectivity index (χ1) is 8.61. The summed E-state index contributed by atoms with van der Waals surface area (Å²) in [4.78, 5) is 5.67. The number of imidazole rings is 1. The van der Waals surface area contributed by atoms with Gasteiger partial charge in [0.25, 0.3) is 0 Å². The standard InChI is InChI=1S/C14H23N3S/c1-5-10(2)8-11(3)15-9-13-12(4)16-14-17(13)6-7-18-14/h6-7,10-11,15H,5,8-9H2,1-4H3. The van der Waals surface area contributed by atoms with E-state index >= 15 is 0 Å². The average Bonchev–Trinajstić information content (AvgIpc) is 2.87. The van der Waals surface area contributed by atoms with Crippen molar-refractivity contribution in [3.05, 3.63) is 23.0 Å². The minimum atomic E-state index is 0.559.